The van der Waals surface area contributed by atoms with E-state index in [0.29, 0.717) is 13.2 Å². The number of likely N-dealkylation sites (N-methyl/N-ethyl adjacent to an activating group) is 1. The van der Waals surface area contributed by atoms with Crippen molar-refractivity contribution in [3.05, 3.63) is 0 Å². The van der Waals surface area contributed by atoms with Gasteiger partial charge in [-0.1, -0.05) is 13.3 Å². The molecule has 0 aromatic heterocycles. The first-order chi connectivity index (χ1) is 11.1. The van der Waals surface area contributed by atoms with Gasteiger partial charge in [-0.25, -0.2) is 0 Å². The van der Waals surface area contributed by atoms with Crippen LogP contribution in [0.15, 0.2) is 4.99 Å². The molecule has 0 spiro atoms. The van der Waals surface area contributed by atoms with Crippen molar-refractivity contribution in [3.8, 4) is 0 Å². The van der Waals surface area contributed by atoms with E-state index in [1.54, 1.807) is 7.05 Å². The topological polar surface area (TPSA) is 57.2 Å². The van der Waals surface area contributed by atoms with Crippen molar-refractivity contribution >= 4 is 11.9 Å². The molecule has 0 radical (unpaired) electrons. The van der Waals surface area contributed by atoms with Crippen LogP contribution in [-0.4, -0.2) is 75.2 Å². The van der Waals surface area contributed by atoms with Gasteiger partial charge in [-0.2, -0.15) is 0 Å². The van der Waals surface area contributed by atoms with Gasteiger partial charge in [0.1, 0.15) is 0 Å². The number of nitrogens with zero attached hydrogens (tertiary/aromatic N) is 3. The molecule has 0 amide bonds. The molecule has 1 atom stereocenters. The molecule has 23 heavy (non-hydrogen) atoms. The average molecular weight is 326 g/mol. The summed E-state index contributed by atoms with van der Waals surface area (Å²) in [5, 5.41) is 3.42. The molecule has 1 fully saturated rings. The zero-order valence-corrected chi connectivity index (χ0v) is 15.3. The highest BCUT2D eigenvalue weighted by molar-refractivity contribution is 5.81. The zero-order valence-electron chi connectivity index (χ0n) is 15.3. The van der Waals surface area contributed by atoms with E-state index in [0.717, 1.165) is 45.0 Å². The third kappa shape index (κ3) is 7.20. The van der Waals surface area contributed by atoms with Gasteiger partial charge in [0, 0.05) is 33.2 Å². The highest BCUT2D eigenvalue weighted by atomic mass is 16.5. The lowest BCUT2D eigenvalue weighted by Crippen LogP contribution is -2.49. The zero-order chi connectivity index (χ0) is 17.1. The smallest absolute Gasteiger partial charge is 0.310 e. The van der Waals surface area contributed by atoms with Gasteiger partial charge in [-0.3, -0.25) is 9.79 Å². The van der Waals surface area contributed by atoms with Crippen LogP contribution in [0.5, 0.6) is 0 Å². The Morgan fingerprint density at radius 2 is 2.17 bits per heavy atom. The van der Waals surface area contributed by atoms with Gasteiger partial charge in [-0.05, 0) is 39.8 Å². The monoisotopic (exact) mass is 326 g/mol. The maximum atomic E-state index is 11.9. The predicted molar refractivity (Wildman–Crippen MR) is 94.7 cm³/mol. The molecule has 0 aromatic carbocycles. The van der Waals surface area contributed by atoms with E-state index in [-0.39, 0.29) is 11.9 Å². The highest BCUT2D eigenvalue weighted by Crippen LogP contribution is 2.17. The van der Waals surface area contributed by atoms with Crippen LogP contribution in [0.2, 0.25) is 0 Å². The number of hydrogen-bond donors (Lipinski definition) is 1. The molecule has 0 aromatic rings. The van der Waals surface area contributed by atoms with Crippen molar-refractivity contribution < 1.29 is 9.53 Å². The summed E-state index contributed by atoms with van der Waals surface area (Å²) in [5.41, 5.74) is 0. The highest BCUT2D eigenvalue weighted by Gasteiger charge is 2.28. The fourth-order valence-corrected chi connectivity index (χ4v) is 2.85. The van der Waals surface area contributed by atoms with Crippen molar-refractivity contribution in [2.45, 2.75) is 39.5 Å². The number of rotatable bonds is 8. The van der Waals surface area contributed by atoms with Gasteiger partial charge in [0.05, 0.1) is 12.5 Å². The van der Waals surface area contributed by atoms with Crippen LogP contribution in [0.3, 0.4) is 0 Å². The van der Waals surface area contributed by atoms with E-state index in [4.69, 9.17) is 4.74 Å². The Labute approximate surface area is 141 Å². The summed E-state index contributed by atoms with van der Waals surface area (Å²) >= 11 is 0. The van der Waals surface area contributed by atoms with Gasteiger partial charge < -0.3 is 19.9 Å². The second kappa shape index (κ2) is 11.3. The Balaban J connectivity index is 2.40. The number of guanidine groups is 1. The van der Waals surface area contributed by atoms with Crippen LogP contribution < -0.4 is 5.32 Å². The van der Waals surface area contributed by atoms with E-state index in [2.05, 4.69) is 34.1 Å². The van der Waals surface area contributed by atoms with Crippen molar-refractivity contribution in [1.29, 1.82) is 0 Å². The molecule has 6 heteroatoms. The fourth-order valence-electron chi connectivity index (χ4n) is 2.85. The van der Waals surface area contributed by atoms with Crippen LogP contribution >= 0.6 is 0 Å². The molecule has 1 aliphatic heterocycles. The van der Waals surface area contributed by atoms with Crippen LogP contribution in [0.25, 0.3) is 0 Å². The van der Waals surface area contributed by atoms with Crippen molar-refractivity contribution in [3.63, 3.8) is 0 Å². The van der Waals surface area contributed by atoms with E-state index in [9.17, 15) is 4.79 Å². The van der Waals surface area contributed by atoms with Crippen molar-refractivity contribution in [2.24, 2.45) is 10.9 Å². The minimum absolute atomic E-state index is 0.0329. The van der Waals surface area contributed by atoms with Crippen LogP contribution in [0.4, 0.5) is 0 Å². The number of unbranched alkanes of at least 4 members (excludes halogenated alkanes) is 1. The Morgan fingerprint density at radius 1 is 1.39 bits per heavy atom. The molecule has 1 N–H and O–H groups in total. The molecule has 1 rings (SSSR count). The number of ether oxygens (including phenoxy) is 1. The maximum absolute atomic E-state index is 11.9. The number of piperidine rings is 1. The van der Waals surface area contributed by atoms with Crippen molar-refractivity contribution in [1.82, 2.24) is 15.1 Å². The van der Waals surface area contributed by atoms with Gasteiger partial charge in [0.25, 0.3) is 0 Å². The summed E-state index contributed by atoms with van der Waals surface area (Å²) in [5.74, 6) is 0.782. The third-order valence-electron chi connectivity index (χ3n) is 4.22. The van der Waals surface area contributed by atoms with Crippen LogP contribution in [0.1, 0.15) is 39.5 Å². The lowest BCUT2D eigenvalue weighted by atomic mass is 9.98. The summed E-state index contributed by atoms with van der Waals surface area (Å²) in [4.78, 5) is 20.8. The number of nitrogens with one attached hydrogen (secondary N) is 1. The normalized spacial score (nSPS) is 19.1. The maximum Gasteiger partial charge on any atom is 0.310 e. The van der Waals surface area contributed by atoms with E-state index in [1.165, 1.54) is 12.8 Å². The number of aliphatic imine (C=N–C) groups is 1. The minimum Gasteiger partial charge on any atom is -0.466 e. The summed E-state index contributed by atoms with van der Waals surface area (Å²) in [6, 6.07) is 0. The Hall–Kier alpha value is -1.30. The van der Waals surface area contributed by atoms with Crippen LogP contribution in [0, 0.1) is 5.92 Å². The van der Waals surface area contributed by atoms with Gasteiger partial charge in [0.2, 0.25) is 0 Å². The fraction of sp³-hybridized carbons (Fsp3) is 0.882. The number of carbonyl (C=O) groups excluding carboxylic acids is 1. The minimum atomic E-state index is -0.0769. The first kappa shape index (κ1) is 19.7. The number of esters is 1. The van der Waals surface area contributed by atoms with Gasteiger partial charge in [-0.15, -0.1) is 0 Å². The Kier molecular flexibility index (Phi) is 9.67. The Bertz CT molecular complexity index is 374. The molecule has 1 saturated heterocycles. The first-order valence-corrected chi connectivity index (χ1v) is 8.93. The van der Waals surface area contributed by atoms with E-state index in [1.807, 2.05) is 6.92 Å². The molecule has 0 aliphatic carbocycles. The second-order valence-electron chi connectivity index (χ2n) is 6.17. The number of likely N-dealkylation sites (tertiary alicyclic amines) is 1. The lowest BCUT2D eigenvalue weighted by Gasteiger charge is -2.34. The quantitative estimate of drug-likeness (QED) is 0.417. The Morgan fingerprint density at radius 3 is 2.83 bits per heavy atom. The molecule has 0 bridgehead atoms. The summed E-state index contributed by atoms with van der Waals surface area (Å²) in [6.45, 7) is 9.16. The summed E-state index contributed by atoms with van der Waals surface area (Å²) in [6.07, 6.45) is 4.37. The van der Waals surface area contributed by atoms with Crippen molar-refractivity contribution in [2.75, 3.05) is 53.4 Å². The summed E-state index contributed by atoms with van der Waals surface area (Å²) in [7, 11) is 3.95. The van der Waals surface area contributed by atoms with Gasteiger partial charge in [0.15, 0.2) is 5.96 Å². The third-order valence-corrected chi connectivity index (χ3v) is 4.22. The molecule has 134 valence electrons. The van der Waals surface area contributed by atoms with E-state index < -0.39 is 0 Å². The largest absolute Gasteiger partial charge is 0.466 e. The molecule has 1 aliphatic rings. The molecule has 6 nitrogen and oxygen atoms in total. The predicted octanol–water partition coefficient (Wildman–Crippen LogP) is 1.57. The standard InChI is InChI=1S/C17H34N4O2/c1-5-7-11-20(4)13-10-19-17(18-3)21-12-8-9-15(14-21)16(22)23-6-2/h15H,5-14H2,1-4H3,(H,18,19). The number of hydrogen-bond acceptors (Lipinski definition) is 4. The molecular weight excluding hydrogens is 292 g/mol. The molecule has 0 saturated carbocycles. The van der Waals surface area contributed by atoms with E-state index >= 15 is 0 Å². The average Bonchev–Trinajstić information content (AvgIpc) is 2.57. The second-order valence-corrected chi connectivity index (χ2v) is 6.17. The molecule has 1 heterocycles. The summed E-state index contributed by atoms with van der Waals surface area (Å²) < 4.78 is 5.16. The van der Waals surface area contributed by atoms with Crippen LogP contribution in [-0.2, 0) is 9.53 Å². The lowest BCUT2D eigenvalue weighted by molar-refractivity contribution is -0.149. The number of carbonyl (C=O) groups is 1. The molecule has 1 unspecified atom stereocenters. The first-order valence-electron chi connectivity index (χ1n) is 8.93. The SMILES string of the molecule is CCCCN(C)CCNC(=NC)N1CCCC(C(=O)OCC)C1. The van der Waals surface area contributed by atoms with Gasteiger partial charge >= 0.3 is 5.97 Å². The molecular formula is C17H34N4O2.